The maximum atomic E-state index is 12.9. The largest absolute Gasteiger partial charge is 0.454 e. The second kappa shape index (κ2) is 8.72. The lowest BCUT2D eigenvalue weighted by Crippen LogP contribution is -2.37. The van der Waals surface area contributed by atoms with Gasteiger partial charge in [0.25, 0.3) is 5.91 Å². The third-order valence-electron chi connectivity index (χ3n) is 5.65. The topological polar surface area (TPSA) is 79.9 Å². The van der Waals surface area contributed by atoms with E-state index in [0.29, 0.717) is 28.4 Å². The molecule has 0 saturated carbocycles. The molecule has 2 amide bonds. The average molecular weight is 429 g/mol. The fourth-order valence-corrected chi connectivity index (χ4v) is 4.04. The Morgan fingerprint density at radius 2 is 1.66 bits per heavy atom. The first kappa shape index (κ1) is 20.1. The Labute approximate surface area is 185 Å². The predicted octanol–water partition coefficient (Wildman–Crippen LogP) is 3.66. The van der Waals surface area contributed by atoms with E-state index in [9.17, 15) is 9.59 Å². The van der Waals surface area contributed by atoms with Crippen molar-refractivity contribution in [2.45, 2.75) is 13.0 Å². The molecular weight excluding hydrogens is 406 g/mol. The number of para-hydroxylation sites is 1. The third-order valence-corrected chi connectivity index (χ3v) is 5.65. The van der Waals surface area contributed by atoms with Gasteiger partial charge in [-0.25, -0.2) is 0 Å². The molecule has 0 saturated heterocycles. The molecule has 0 radical (unpaired) electrons. The Morgan fingerprint density at radius 3 is 2.56 bits per heavy atom. The number of anilines is 2. The summed E-state index contributed by atoms with van der Waals surface area (Å²) < 4.78 is 10.7. The van der Waals surface area contributed by atoms with Gasteiger partial charge in [-0.1, -0.05) is 36.4 Å². The molecule has 0 aliphatic carbocycles. The second-order valence-electron chi connectivity index (χ2n) is 7.85. The van der Waals surface area contributed by atoms with Gasteiger partial charge < -0.3 is 20.1 Å². The maximum Gasteiger partial charge on any atom is 0.257 e. The van der Waals surface area contributed by atoms with Crippen LogP contribution >= 0.6 is 0 Å². The second-order valence-corrected chi connectivity index (χ2v) is 7.85. The number of rotatable bonds is 5. The van der Waals surface area contributed by atoms with Crippen LogP contribution in [0, 0.1) is 0 Å². The minimum atomic E-state index is -0.313. The Kier molecular flexibility index (Phi) is 5.47. The van der Waals surface area contributed by atoms with E-state index < -0.39 is 0 Å². The number of hydrogen-bond acceptors (Lipinski definition) is 5. The molecule has 7 nitrogen and oxygen atoms in total. The zero-order valence-electron chi connectivity index (χ0n) is 17.5. The molecule has 0 fully saturated rings. The quantitative estimate of drug-likeness (QED) is 0.647. The number of hydrogen-bond donors (Lipinski definition) is 2. The summed E-state index contributed by atoms with van der Waals surface area (Å²) in [4.78, 5) is 27.8. The van der Waals surface area contributed by atoms with Gasteiger partial charge in [0.15, 0.2) is 11.5 Å². The van der Waals surface area contributed by atoms with E-state index in [4.69, 9.17) is 9.47 Å². The highest BCUT2D eigenvalue weighted by Crippen LogP contribution is 2.34. The van der Waals surface area contributed by atoms with Crippen LogP contribution in [0.3, 0.4) is 0 Å². The highest BCUT2D eigenvalue weighted by atomic mass is 16.7. The van der Waals surface area contributed by atoms with E-state index in [2.05, 4.69) is 27.7 Å². The first-order valence-corrected chi connectivity index (χ1v) is 10.5. The number of nitrogens with zero attached hydrogens (tertiary/aromatic N) is 1. The van der Waals surface area contributed by atoms with Crippen LogP contribution < -0.4 is 20.1 Å². The Balaban J connectivity index is 1.24. The van der Waals surface area contributed by atoms with Crippen molar-refractivity contribution >= 4 is 23.2 Å². The first-order valence-electron chi connectivity index (χ1n) is 10.5. The van der Waals surface area contributed by atoms with Crippen molar-refractivity contribution in [3.05, 3.63) is 83.4 Å². The summed E-state index contributed by atoms with van der Waals surface area (Å²) in [5.74, 6) is 0.780. The summed E-state index contributed by atoms with van der Waals surface area (Å²) in [7, 11) is 0. The molecule has 0 bridgehead atoms. The van der Waals surface area contributed by atoms with Crippen molar-refractivity contribution in [3.8, 4) is 11.5 Å². The van der Waals surface area contributed by atoms with E-state index in [1.165, 1.54) is 11.1 Å². The lowest BCUT2D eigenvalue weighted by Gasteiger charge is -2.28. The molecule has 2 aliphatic rings. The monoisotopic (exact) mass is 429 g/mol. The number of amides is 2. The molecule has 162 valence electrons. The van der Waals surface area contributed by atoms with Crippen LogP contribution in [0.5, 0.6) is 11.5 Å². The van der Waals surface area contributed by atoms with E-state index >= 15 is 0 Å². The SMILES string of the molecule is O=C(CN1CCc2ccccc2C1)Nc1ccccc1C(=O)Nc1ccc2c(c1)OCO2. The van der Waals surface area contributed by atoms with E-state index in [1.54, 1.807) is 42.5 Å². The molecule has 3 aromatic carbocycles. The first-order chi connectivity index (χ1) is 15.7. The van der Waals surface area contributed by atoms with Crippen molar-refractivity contribution in [1.29, 1.82) is 0 Å². The molecule has 3 aromatic rings. The van der Waals surface area contributed by atoms with Crippen molar-refractivity contribution < 1.29 is 19.1 Å². The van der Waals surface area contributed by atoms with Gasteiger partial charge in [0.1, 0.15) is 0 Å². The number of fused-ring (bicyclic) bond motifs is 2. The van der Waals surface area contributed by atoms with Gasteiger partial charge in [-0.3, -0.25) is 14.5 Å². The number of nitrogens with one attached hydrogen (secondary N) is 2. The number of carbonyl (C=O) groups excluding carboxylic acids is 2. The molecular formula is C25H23N3O4. The summed E-state index contributed by atoms with van der Waals surface area (Å²) in [6, 6.07) is 20.5. The summed E-state index contributed by atoms with van der Waals surface area (Å²) in [5.41, 5.74) is 4.06. The van der Waals surface area contributed by atoms with Crippen LogP contribution in [-0.4, -0.2) is 36.6 Å². The molecule has 2 aliphatic heterocycles. The number of benzene rings is 3. The zero-order chi connectivity index (χ0) is 21.9. The lowest BCUT2D eigenvalue weighted by atomic mass is 10.00. The molecule has 2 N–H and O–H groups in total. The molecule has 5 rings (SSSR count). The average Bonchev–Trinajstić information content (AvgIpc) is 3.27. The minimum Gasteiger partial charge on any atom is -0.454 e. The fourth-order valence-electron chi connectivity index (χ4n) is 4.04. The number of carbonyl (C=O) groups is 2. The standard InChI is InChI=1S/C25H23N3O4/c29-24(15-28-12-11-17-5-1-2-6-18(17)14-28)27-21-8-4-3-7-20(21)25(30)26-19-9-10-22-23(13-19)32-16-31-22/h1-10,13H,11-12,14-16H2,(H,26,30)(H,27,29). The van der Waals surface area contributed by atoms with Gasteiger partial charge in [0.2, 0.25) is 12.7 Å². The summed E-state index contributed by atoms with van der Waals surface area (Å²) in [6.07, 6.45) is 0.929. The Morgan fingerprint density at radius 1 is 0.875 bits per heavy atom. The summed E-state index contributed by atoms with van der Waals surface area (Å²) in [6.45, 7) is 2.02. The van der Waals surface area contributed by atoms with Crippen LogP contribution in [0.2, 0.25) is 0 Å². The van der Waals surface area contributed by atoms with Gasteiger partial charge in [-0.2, -0.15) is 0 Å². The van der Waals surface area contributed by atoms with Gasteiger partial charge in [0.05, 0.1) is 17.8 Å². The van der Waals surface area contributed by atoms with Gasteiger partial charge in [0, 0.05) is 24.8 Å². The van der Waals surface area contributed by atoms with E-state index in [-0.39, 0.29) is 25.2 Å². The lowest BCUT2D eigenvalue weighted by molar-refractivity contribution is -0.117. The van der Waals surface area contributed by atoms with Crippen molar-refractivity contribution in [3.63, 3.8) is 0 Å². The molecule has 7 heteroatoms. The highest BCUT2D eigenvalue weighted by Gasteiger charge is 2.20. The smallest absolute Gasteiger partial charge is 0.257 e. The summed E-state index contributed by atoms with van der Waals surface area (Å²) in [5, 5.41) is 5.76. The van der Waals surface area contributed by atoms with Crippen molar-refractivity contribution in [1.82, 2.24) is 4.90 Å². The predicted molar refractivity (Wildman–Crippen MR) is 121 cm³/mol. The Bertz CT molecular complexity index is 1180. The minimum absolute atomic E-state index is 0.146. The van der Waals surface area contributed by atoms with Gasteiger partial charge >= 0.3 is 0 Å². The molecule has 0 atom stereocenters. The molecule has 0 spiro atoms. The summed E-state index contributed by atoms with van der Waals surface area (Å²) >= 11 is 0. The van der Waals surface area contributed by atoms with Crippen LogP contribution in [0.1, 0.15) is 21.5 Å². The Hall–Kier alpha value is -3.84. The van der Waals surface area contributed by atoms with Crippen LogP contribution in [0.25, 0.3) is 0 Å². The van der Waals surface area contributed by atoms with Crippen molar-refractivity contribution in [2.24, 2.45) is 0 Å². The normalized spacial score (nSPS) is 14.5. The van der Waals surface area contributed by atoms with E-state index in [1.807, 2.05) is 12.1 Å². The molecule has 0 unspecified atom stereocenters. The zero-order valence-corrected chi connectivity index (χ0v) is 17.5. The highest BCUT2D eigenvalue weighted by molar-refractivity contribution is 6.10. The van der Waals surface area contributed by atoms with Crippen LogP contribution in [-0.2, 0) is 17.8 Å². The molecule has 2 heterocycles. The fraction of sp³-hybridized carbons (Fsp3) is 0.200. The van der Waals surface area contributed by atoms with Crippen molar-refractivity contribution in [2.75, 3.05) is 30.5 Å². The third kappa shape index (κ3) is 4.29. The van der Waals surface area contributed by atoms with E-state index in [0.717, 1.165) is 19.5 Å². The maximum absolute atomic E-state index is 12.9. The van der Waals surface area contributed by atoms with Gasteiger partial charge in [-0.05, 0) is 41.8 Å². The molecule has 0 aromatic heterocycles. The van der Waals surface area contributed by atoms with Gasteiger partial charge in [-0.15, -0.1) is 0 Å². The van der Waals surface area contributed by atoms with Crippen LogP contribution in [0.15, 0.2) is 66.7 Å². The number of ether oxygens (including phenoxy) is 2. The molecule has 32 heavy (non-hydrogen) atoms. The van der Waals surface area contributed by atoms with Crippen LogP contribution in [0.4, 0.5) is 11.4 Å².